The van der Waals surface area contributed by atoms with Crippen LogP contribution in [0.1, 0.15) is 37.2 Å². The number of rotatable bonds is 3. The fraction of sp³-hybridized carbons (Fsp3) is 0.312. The van der Waals surface area contributed by atoms with Gasteiger partial charge in [0, 0.05) is 28.3 Å². The first-order valence-electron chi connectivity index (χ1n) is 6.52. The lowest BCUT2D eigenvalue weighted by Crippen LogP contribution is -2.14. The molecule has 3 nitrogen and oxygen atoms in total. The Hall–Kier alpha value is -1.57. The van der Waals surface area contributed by atoms with Crippen LogP contribution in [-0.2, 0) is 0 Å². The predicted molar refractivity (Wildman–Crippen MR) is 83.5 cm³/mol. The molecule has 1 atom stereocenters. The van der Waals surface area contributed by atoms with Crippen LogP contribution >= 0.6 is 15.9 Å². The molecule has 0 unspecified atom stereocenters. The number of halogens is 1. The van der Waals surface area contributed by atoms with E-state index in [-0.39, 0.29) is 12.6 Å². The van der Waals surface area contributed by atoms with Crippen LogP contribution < -0.4 is 0 Å². The van der Waals surface area contributed by atoms with Crippen molar-refractivity contribution in [3.05, 3.63) is 52.5 Å². The summed E-state index contributed by atoms with van der Waals surface area (Å²) in [6.45, 7) is 4.13. The molecular weight excluding hydrogens is 316 g/mol. The minimum Gasteiger partial charge on any atom is -0.393 e. The SMILES string of the molecule is CC(C)c1nccn1[C@@H](C#Cc1ccc(Br)cc1)CO. The van der Waals surface area contributed by atoms with Gasteiger partial charge in [0.1, 0.15) is 11.9 Å². The molecule has 1 aromatic heterocycles. The van der Waals surface area contributed by atoms with Crippen LogP contribution in [0.3, 0.4) is 0 Å². The van der Waals surface area contributed by atoms with Crippen LogP contribution in [0.25, 0.3) is 0 Å². The molecule has 104 valence electrons. The van der Waals surface area contributed by atoms with Crippen LogP contribution in [0.2, 0.25) is 0 Å². The van der Waals surface area contributed by atoms with Crippen molar-refractivity contribution >= 4 is 15.9 Å². The number of benzene rings is 1. The lowest BCUT2D eigenvalue weighted by Gasteiger charge is -2.14. The van der Waals surface area contributed by atoms with E-state index in [1.807, 2.05) is 35.0 Å². The van der Waals surface area contributed by atoms with Gasteiger partial charge in [-0.1, -0.05) is 41.6 Å². The maximum Gasteiger partial charge on any atom is 0.119 e. The molecule has 0 aliphatic heterocycles. The zero-order valence-electron chi connectivity index (χ0n) is 11.5. The van der Waals surface area contributed by atoms with Crippen molar-refractivity contribution < 1.29 is 5.11 Å². The first-order valence-corrected chi connectivity index (χ1v) is 7.32. The Morgan fingerprint density at radius 2 is 2.00 bits per heavy atom. The Balaban J connectivity index is 2.25. The maximum absolute atomic E-state index is 9.57. The molecule has 0 aliphatic carbocycles. The molecule has 1 aromatic carbocycles. The molecule has 1 N–H and O–H groups in total. The van der Waals surface area contributed by atoms with E-state index in [0.29, 0.717) is 5.92 Å². The zero-order valence-corrected chi connectivity index (χ0v) is 13.1. The minimum absolute atomic E-state index is 0.0282. The van der Waals surface area contributed by atoms with Gasteiger partial charge < -0.3 is 9.67 Å². The van der Waals surface area contributed by atoms with Gasteiger partial charge in [-0.25, -0.2) is 4.98 Å². The number of aromatic nitrogens is 2. The third-order valence-electron chi connectivity index (χ3n) is 2.95. The molecule has 0 amide bonds. The molecular formula is C16H17BrN2O. The monoisotopic (exact) mass is 332 g/mol. The van der Waals surface area contributed by atoms with E-state index in [1.54, 1.807) is 6.20 Å². The van der Waals surface area contributed by atoms with Crippen molar-refractivity contribution in [2.24, 2.45) is 0 Å². The van der Waals surface area contributed by atoms with Gasteiger partial charge in [0.2, 0.25) is 0 Å². The van der Waals surface area contributed by atoms with Gasteiger partial charge in [0.25, 0.3) is 0 Å². The Bertz CT molecular complexity index is 620. The summed E-state index contributed by atoms with van der Waals surface area (Å²) in [5.74, 6) is 7.45. The van der Waals surface area contributed by atoms with Gasteiger partial charge in [0.05, 0.1) is 6.61 Å². The minimum atomic E-state index is -0.265. The van der Waals surface area contributed by atoms with Crippen molar-refractivity contribution in [1.29, 1.82) is 0 Å². The topological polar surface area (TPSA) is 38.0 Å². The lowest BCUT2D eigenvalue weighted by molar-refractivity contribution is 0.255. The second kappa shape index (κ2) is 6.74. The number of imidazole rings is 1. The molecule has 0 saturated heterocycles. The van der Waals surface area contributed by atoms with E-state index < -0.39 is 0 Å². The smallest absolute Gasteiger partial charge is 0.119 e. The Labute approximate surface area is 127 Å². The molecule has 0 spiro atoms. The summed E-state index contributed by atoms with van der Waals surface area (Å²) in [6, 6.07) is 7.54. The van der Waals surface area contributed by atoms with Gasteiger partial charge in [-0.05, 0) is 24.3 Å². The standard InChI is InChI=1S/C16H17BrN2O/c1-12(2)16-18-9-10-19(16)15(11-20)8-5-13-3-6-14(17)7-4-13/h3-4,6-7,9-10,12,15,20H,11H2,1-2H3/t15-/m0/s1. The van der Waals surface area contributed by atoms with Crippen molar-refractivity contribution in [2.75, 3.05) is 6.61 Å². The van der Waals surface area contributed by atoms with Crippen molar-refractivity contribution in [1.82, 2.24) is 9.55 Å². The number of aliphatic hydroxyl groups is 1. The highest BCUT2D eigenvalue weighted by molar-refractivity contribution is 9.10. The number of aliphatic hydroxyl groups excluding tert-OH is 1. The third kappa shape index (κ3) is 3.50. The van der Waals surface area contributed by atoms with Crippen LogP contribution in [0.4, 0.5) is 0 Å². The third-order valence-corrected chi connectivity index (χ3v) is 3.48. The summed E-state index contributed by atoms with van der Waals surface area (Å²) in [6.07, 6.45) is 3.62. The lowest BCUT2D eigenvalue weighted by atomic mass is 10.2. The summed E-state index contributed by atoms with van der Waals surface area (Å²) < 4.78 is 2.97. The Morgan fingerprint density at radius 1 is 1.30 bits per heavy atom. The van der Waals surface area contributed by atoms with E-state index in [0.717, 1.165) is 15.9 Å². The van der Waals surface area contributed by atoms with Crippen molar-refractivity contribution in [3.63, 3.8) is 0 Å². The molecule has 0 aliphatic rings. The summed E-state index contributed by atoms with van der Waals surface area (Å²) in [7, 11) is 0. The molecule has 1 heterocycles. The molecule has 0 bridgehead atoms. The van der Waals surface area contributed by atoms with Crippen LogP contribution in [-0.4, -0.2) is 21.3 Å². The Morgan fingerprint density at radius 3 is 2.60 bits per heavy atom. The fourth-order valence-electron chi connectivity index (χ4n) is 1.94. The largest absolute Gasteiger partial charge is 0.393 e. The van der Waals surface area contributed by atoms with Gasteiger partial charge in [-0.3, -0.25) is 0 Å². The highest BCUT2D eigenvalue weighted by Gasteiger charge is 2.13. The highest BCUT2D eigenvalue weighted by atomic mass is 79.9. The highest BCUT2D eigenvalue weighted by Crippen LogP contribution is 2.17. The second-order valence-electron chi connectivity index (χ2n) is 4.82. The van der Waals surface area contributed by atoms with Crippen LogP contribution in [0.5, 0.6) is 0 Å². The average molecular weight is 333 g/mol. The molecule has 2 rings (SSSR count). The van der Waals surface area contributed by atoms with E-state index in [1.165, 1.54) is 0 Å². The molecule has 0 fully saturated rings. The number of nitrogens with zero attached hydrogens (tertiary/aromatic N) is 2. The van der Waals surface area contributed by atoms with Crippen molar-refractivity contribution in [2.45, 2.75) is 25.8 Å². The maximum atomic E-state index is 9.57. The number of hydrogen-bond acceptors (Lipinski definition) is 2. The van der Waals surface area contributed by atoms with Crippen LogP contribution in [0, 0.1) is 11.8 Å². The van der Waals surface area contributed by atoms with E-state index >= 15 is 0 Å². The molecule has 0 saturated carbocycles. The predicted octanol–water partition coefficient (Wildman–Crippen LogP) is 3.35. The van der Waals surface area contributed by atoms with Gasteiger partial charge in [0.15, 0.2) is 0 Å². The summed E-state index contributed by atoms with van der Waals surface area (Å²) in [4.78, 5) is 4.33. The normalized spacial score (nSPS) is 12.1. The molecule has 0 radical (unpaired) electrons. The van der Waals surface area contributed by atoms with Gasteiger partial charge in [-0.15, -0.1) is 0 Å². The molecule has 4 heteroatoms. The van der Waals surface area contributed by atoms with E-state index in [4.69, 9.17) is 0 Å². The summed E-state index contributed by atoms with van der Waals surface area (Å²) >= 11 is 3.40. The molecule has 2 aromatic rings. The van der Waals surface area contributed by atoms with Gasteiger partial charge >= 0.3 is 0 Å². The first kappa shape index (κ1) is 14.8. The molecule has 20 heavy (non-hydrogen) atoms. The fourth-order valence-corrected chi connectivity index (χ4v) is 2.20. The van der Waals surface area contributed by atoms with Crippen molar-refractivity contribution in [3.8, 4) is 11.8 Å². The summed E-state index contributed by atoms with van der Waals surface area (Å²) in [5, 5.41) is 9.57. The first-order chi connectivity index (χ1) is 9.61. The quantitative estimate of drug-likeness (QED) is 0.875. The van der Waals surface area contributed by atoms with Gasteiger partial charge in [-0.2, -0.15) is 0 Å². The van der Waals surface area contributed by atoms with E-state index in [2.05, 4.69) is 46.6 Å². The van der Waals surface area contributed by atoms with E-state index in [9.17, 15) is 5.11 Å². The van der Waals surface area contributed by atoms with Crippen LogP contribution in [0.15, 0.2) is 41.1 Å². The Kier molecular flexibility index (Phi) is 4.99. The zero-order chi connectivity index (χ0) is 14.5. The second-order valence-corrected chi connectivity index (χ2v) is 5.74. The average Bonchev–Trinajstić information content (AvgIpc) is 2.91. The summed E-state index contributed by atoms with van der Waals surface area (Å²) in [5.41, 5.74) is 0.929. The number of hydrogen-bond donors (Lipinski definition) is 1.